The van der Waals surface area contributed by atoms with E-state index >= 15 is 0 Å². The molecule has 0 aromatic heterocycles. The Morgan fingerprint density at radius 3 is 1.72 bits per heavy atom. The number of imide groups is 1. The van der Waals surface area contributed by atoms with E-state index in [1.165, 1.54) is 12.1 Å². The molecule has 0 aliphatic carbocycles. The standard InChI is InChI=1S/C25H20N2O5/c28-21(26-23(17-9-3-1-4-10-17)18-11-5-2-6-12-18)16-32-22(29)15-27-24(30)19-13-7-8-14-20(19)25(27)31/h1-14,23H,15-16H2,(H,26,28). The predicted octanol–water partition coefficient (Wildman–Crippen LogP) is 2.73. The third kappa shape index (κ3) is 4.41. The summed E-state index contributed by atoms with van der Waals surface area (Å²) in [5.74, 6) is -2.45. The molecule has 1 N–H and O–H groups in total. The first-order valence-electron chi connectivity index (χ1n) is 10.0. The van der Waals surface area contributed by atoms with Gasteiger partial charge in [-0.15, -0.1) is 0 Å². The number of carbonyl (C=O) groups excluding carboxylic acids is 4. The minimum Gasteiger partial charge on any atom is -0.454 e. The summed E-state index contributed by atoms with van der Waals surface area (Å²) in [5, 5.41) is 2.87. The van der Waals surface area contributed by atoms with Crippen LogP contribution in [0.4, 0.5) is 0 Å². The Morgan fingerprint density at radius 1 is 0.750 bits per heavy atom. The number of nitrogens with one attached hydrogen (secondary N) is 1. The summed E-state index contributed by atoms with van der Waals surface area (Å²) in [7, 11) is 0. The topological polar surface area (TPSA) is 92.8 Å². The number of hydrogen-bond acceptors (Lipinski definition) is 5. The second-order valence-electron chi connectivity index (χ2n) is 7.22. The van der Waals surface area contributed by atoms with Crippen LogP contribution in [0.5, 0.6) is 0 Å². The van der Waals surface area contributed by atoms with Crippen LogP contribution in [0.1, 0.15) is 37.9 Å². The summed E-state index contributed by atoms with van der Waals surface area (Å²) in [6, 6.07) is 24.8. The summed E-state index contributed by atoms with van der Waals surface area (Å²) in [4.78, 5) is 50.3. The maximum atomic E-state index is 12.5. The fraction of sp³-hybridized carbons (Fsp3) is 0.120. The predicted molar refractivity (Wildman–Crippen MR) is 116 cm³/mol. The van der Waals surface area contributed by atoms with E-state index in [1.807, 2.05) is 60.7 Å². The monoisotopic (exact) mass is 428 g/mol. The van der Waals surface area contributed by atoms with Gasteiger partial charge in [-0.05, 0) is 23.3 Å². The fourth-order valence-corrected chi connectivity index (χ4v) is 3.56. The van der Waals surface area contributed by atoms with Crippen LogP contribution in [-0.2, 0) is 14.3 Å². The van der Waals surface area contributed by atoms with Crippen LogP contribution in [0, 0.1) is 0 Å². The average molecular weight is 428 g/mol. The van der Waals surface area contributed by atoms with E-state index in [4.69, 9.17) is 4.74 Å². The van der Waals surface area contributed by atoms with E-state index in [1.54, 1.807) is 12.1 Å². The quantitative estimate of drug-likeness (QED) is 0.461. The molecular weight excluding hydrogens is 408 g/mol. The third-order valence-electron chi connectivity index (χ3n) is 5.10. The van der Waals surface area contributed by atoms with Crippen molar-refractivity contribution >= 4 is 23.7 Å². The van der Waals surface area contributed by atoms with Crippen molar-refractivity contribution in [1.29, 1.82) is 0 Å². The van der Waals surface area contributed by atoms with Gasteiger partial charge < -0.3 is 10.1 Å². The van der Waals surface area contributed by atoms with Crippen molar-refractivity contribution < 1.29 is 23.9 Å². The van der Waals surface area contributed by atoms with Crippen LogP contribution in [0.15, 0.2) is 84.9 Å². The van der Waals surface area contributed by atoms with Crippen molar-refractivity contribution in [3.8, 4) is 0 Å². The van der Waals surface area contributed by atoms with Crippen LogP contribution in [0.25, 0.3) is 0 Å². The molecule has 3 aromatic carbocycles. The van der Waals surface area contributed by atoms with Crippen molar-refractivity contribution in [2.75, 3.05) is 13.2 Å². The molecule has 32 heavy (non-hydrogen) atoms. The second kappa shape index (κ2) is 9.26. The zero-order valence-electron chi connectivity index (χ0n) is 17.1. The number of fused-ring (bicyclic) bond motifs is 1. The first kappa shape index (κ1) is 21.0. The Kier molecular flexibility index (Phi) is 6.07. The van der Waals surface area contributed by atoms with Gasteiger partial charge in [-0.25, -0.2) is 0 Å². The lowest BCUT2D eigenvalue weighted by Crippen LogP contribution is -2.38. The third-order valence-corrected chi connectivity index (χ3v) is 5.10. The molecule has 0 radical (unpaired) electrons. The van der Waals surface area contributed by atoms with E-state index < -0.39 is 42.9 Å². The Morgan fingerprint density at radius 2 is 1.22 bits per heavy atom. The van der Waals surface area contributed by atoms with Crippen molar-refractivity contribution in [2.45, 2.75) is 6.04 Å². The first-order chi connectivity index (χ1) is 15.5. The maximum absolute atomic E-state index is 12.5. The van der Waals surface area contributed by atoms with Gasteiger partial charge in [0.2, 0.25) is 0 Å². The summed E-state index contributed by atoms with van der Waals surface area (Å²) in [6.07, 6.45) is 0. The highest BCUT2D eigenvalue weighted by molar-refractivity contribution is 6.22. The van der Waals surface area contributed by atoms with Crippen LogP contribution < -0.4 is 5.32 Å². The van der Waals surface area contributed by atoms with Crippen LogP contribution in [0.2, 0.25) is 0 Å². The molecule has 1 aliphatic heterocycles. The Balaban J connectivity index is 1.36. The highest BCUT2D eigenvalue weighted by atomic mass is 16.5. The first-order valence-corrected chi connectivity index (χ1v) is 10.0. The molecule has 7 nitrogen and oxygen atoms in total. The van der Waals surface area contributed by atoms with Crippen molar-refractivity contribution in [3.63, 3.8) is 0 Å². The summed E-state index contributed by atoms with van der Waals surface area (Å²) >= 11 is 0. The fourth-order valence-electron chi connectivity index (χ4n) is 3.56. The van der Waals surface area contributed by atoms with Gasteiger partial charge in [-0.1, -0.05) is 72.8 Å². The molecule has 0 saturated heterocycles. The number of rotatable bonds is 7. The molecule has 3 aromatic rings. The zero-order chi connectivity index (χ0) is 22.5. The molecule has 0 bridgehead atoms. The Bertz CT molecular complexity index is 1090. The molecule has 160 valence electrons. The summed E-state index contributed by atoms with van der Waals surface area (Å²) < 4.78 is 5.04. The average Bonchev–Trinajstić information content (AvgIpc) is 3.07. The minimum absolute atomic E-state index is 0.247. The number of esters is 1. The molecule has 0 atom stereocenters. The lowest BCUT2D eigenvalue weighted by atomic mass is 9.99. The van der Waals surface area contributed by atoms with E-state index in [0.29, 0.717) is 0 Å². The molecule has 0 unspecified atom stereocenters. The number of carbonyl (C=O) groups is 4. The highest BCUT2D eigenvalue weighted by Gasteiger charge is 2.36. The largest absolute Gasteiger partial charge is 0.454 e. The number of nitrogens with zero attached hydrogens (tertiary/aromatic N) is 1. The normalized spacial score (nSPS) is 12.6. The van der Waals surface area contributed by atoms with E-state index in [-0.39, 0.29) is 11.1 Å². The molecule has 3 amide bonds. The zero-order valence-corrected chi connectivity index (χ0v) is 17.1. The SMILES string of the molecule is O=C(COC(=O)CN1C(=O)c2ccccc2C1=O)NC(c1ccccc1)c1ccccc1. The van der Waals surface area contributed by atoms with Gasteiger partial charge in [0, 0.05) is 0 Å². The number of benzene rings is 3. The van der Waals surface area contributed by atoms with Gasteiger partial charge in [0.25, 0.3) is 17.7 Å². The van der Waals surface area contributed by atoms with E-state index in [9.17, 15) is 19.2 Å². The number of hydrogen-bond donors (Lipinski definition) is 1. The van der Waals surface area contributed by atoms with Crippen LogP contribution in [0.3, 0.4) is 0 Å². The minimum atomic E-state index is -0.842. The Labute approximate surface area is 184 Å². The number of amides is 3. The smallest absolute Gasteiger partial charge is 0.326 e. The van der Waals surface area contributed by atoms with Gasteiger partial charge in [0.15, 0.2) is 6.61 Å². The van der Waals surface area contributed by atoms with Crippen molar-refractivity contribution in [3.05, 3.63) is 107 Å². The Hall–Kier alpha value is -4.26. The molecule has 0 fully saturated rings. The molecule has 7 heteroatoms. The van der Waals surface area contributed by atoms with Crippen LogP contribution in [-0.4, -0.2) is 41.7 Å². The molecular formula is C25H20N2O5. The molecule has 1 aliphatic rings. The van der Waals surface area contributed by atoms with Gasteiger partial charge >= 0.3 is 5.97 Å². The van der Waals surface area contributed by atoms with Crippen molar-refractivity contribution in [1.82, 2.24) is 10.2 Å². The maximum Gasteiger partial charge on any atom is 0.326 e. The molecule has 1 heterocycles. The van der Waals surface area contributed by atoms with Gasteiger partial charge in [-0.3, -0.25) is 24.1 Å². The van der Waals surface area contributed by atoms with Crippen LogP contribution >= 0.6 is 0 Å². The van der Waals surface area contributed by atoms with E-state index in [0.717, 1.165) is 16.0 Å². The highest BCUT2D eigenvalue weighted by Crippen LogP contribution is 2.23. The van der Waals surface area contributed by atoms with E-state index in [2.05, 4.69) is 5.32 Å². The summed E-state index contributed by atoms with van der Waals surface area (Å²) in [5.41, 5.74) is 2.25. The lowest BCUT2D eigenvalue weighted by Gasteiger charge is -2.20. The molecule has 0 saturated carbocycles. The van der Waals surface area contributed by atoms with Gasteiger partial charge in [0.1, 0.15) is 6.54 Å². The number of ether oxygens (including phenoxy) is 1. The molecule has 4 rings (SSSR count). The van der Waals surface area contributed by atoms with Gasteiger partial charge in [0.05, 0.1) is 17.2 Å². The second-order valence-corrected chi connectivity index (χ2v) is 7.22. The lowest BCUT2D eigenvalue weighted by molar-refractivity contribution is -0.148. The molecule has 0 spiro atoms. The van der Waals surface area contributed by atoms with Crippen molar-refractivity contribution in [2.24, 2.45) is 0 Å². The summed E-state index contributed by atoms with van der Waals surface area (Å²) in [6.45, 7) is -1.08. The van der Waals surface area contributed by atoms with Gasteiger partial charge in [-0.2, -0.15) is 0 Å².